The van der Waals surface area contributed by atoms with Crippen molar-refractivity contribution in [3.05, 3.63) is 64.6 Å². The minimum atomic E-state index is -0.303. The highest BCUT2D eigenvalue weighted by molar-refractivity contribution is 5.92. The predicted molar refractivity (Wildman–Crippen MR) is 111 cm³/mol. The number of anilines is 1. The van der Waals surface area contributed by atoms with E-state index in [9.17, 15) is 9.59 Å². The highest BCUT2D eigenvalue weighted by Crippen LogP contribution is 2.14. The van der Waals surface area contributed by atoms with E-state index in [0.717, 1.165) is 49.4 Å². The summed E-state index contributed by atoms with van der Waals surface area (Å²) in [7, 11) is 0. The van der Waals surface area contributed by atoms with Crippen LogP contribution in [0.3, 0.4) is 0 Å². The molecule has 1 saturated heterocycles. The summed E-state index contributed by atoms with van der Waals surface area (Å²) in [4.78, 5) is 27.3. The molecule has 2 aromatic carbocycles. The monoisotopic (exact) mass is 396 g/mol. The Morgan fingerprint density at radius 3 is 2.52 bits per heavy atom. The van der Waals surface area contributed by atoms with Gasteiger partial charge in [0.15, 0.2) is 18.8 Å². The van der Waals surface area contributed by atoms with Gasteiger partial charge in [0, 0.05) is 5.69 Å². The van der Waals surface area contributed by atoms with Crippen molar-refractivity contribution >= 4 is 22.7 Å². The molecule has 0 radical (unpaired) electrons. The van der Waals surface area contributed by atoms with Crippen molar-refractivity contribution in [1.29, 1.82) is 0 Å². The number of fused-ring (bicyclic) bond motifs is 1. The Morgan fingerprint density at radius 2 is 1.72 bits per heavy atom. The van der Waals surface area contributed by atoms with Crippen molar-refractivity contribution < 1.29 is 19.0 Å². The van der Waals surface area contributed by atoms with Crippen LogP contribution in [-0.2, 0) is 17.9 Å². The Morgan fingerprint density at radius 1 is 1.03 bits per heavy atom. The Labute approximate surface area is 169 Å². The lowest BCUT2D eigenvalue weighted by molar-refractivity contribution is -1.02. The Balaban J connectivity index is 1.31. The number of para-hydroxylation sites is 3. The van der Waals surface area contributed by atoms with Gasteiger partial charge in [0.2, 0.25) is 0 Å². The molecule has 2 heterocycles. The average Bonchev–Trinajstić information content (AvgIpc) is 3.05. The quantitative estimate of drug-likeness (QED) is 0.528. The van der Waals surface area contributed by atoms with E-state index in [2.05, 4.69) is 12.2 Å². The largest absolute Gasteiger partial charge is 0.424 e. The van der Waals surface area contributed by atoms with E-state index in [1.54, 1.807) is 4.57 Å². The van der Waals surface area contributed by atoms with Crippen molar-refractivity contribution in [1.82, 2.24) is 4.57 Å². The van der Waals surface area contributed by atoms with Crippen molar-refractivity contribution in [2.75, 3.05) is 38.0 Å². The van der Waals surface area contributed by atoms with Gasteiger partial charge in [-0.25, -0.2) is 9.36 Å². The highest BCUT2D eigenvalue weighted by atomic mass is 16.4. The Kier molecular flexibility index (Phi) is 5.78. The maximum Gasteiger partial charge on any atom is 0.424 e. The number of carbonyl (C=O) groups excluding carboxylic acids is 1. The minimum Gasteiger partial charge on any atom is -0.408 e. The van der Waals surface area contributed by atoms with Crippen LogP contribution in [0, 0.1) is 0 Å². The van der Waals surface area contributed by atoms with E-state index < -0.39 is 0 Å². The SMILES string of the molecule is CCc1ccccc1NC(=O)C[NH+]1CC[NH+](Cn2c(=O)oc3ccccc32)CC1. The number of quaternary nitrogens is 2. The molecule has 0 spiro atoms. The van der Waals surface area contributed by atoms with Gasteiger partial charge in [0.1, 0.15) is 26.2 Å². The van der Waals surface area contributed by atoms with Crippen LogP contribution >= 0.6 is 0 Å². The van der Waals surface area contributed by atoms with Crippen molar-refractivity contribution in [3.63, 3.8) is 0 Å². The molecule has 4 rings (SSSR count). The fourth-order valence-corrected chi connectivity index (χ4v) is 4.05. The lowest BCUT2D eigenvalue weighted by atomic mass is 10.1. The van der Waals surface area contributed by atoms with Crippen molar-refractivity contribution in [2.45, 2.75) is 20.0 Å². The number of hydrogen-bond donors (Lipinski definition) is 3. The summed E-state index contributed by atoms with van der Waals surface area (Å²) in [5.74, 6) is -0.246. The molecule has 1 amide bonds. The molecule has 0 aliphatic carbocycles. The molecule has 0 bridgehead atoms. The van der Waals surface area contributed by atoms with Crippen LogP contribution in [0.2, 0.25) is 0 Å². The molecule has 0 atom stereocenters. The third-order valence-corrected chi connectivity index (χ3v) is 5.70. The van der Waals surface area contributed by atoms with Gasteiger partial charge in [-0.15, -0.1) is 0 Å². The number of aryl methyl sites for hydroxylation is 1. The second-order valence-electron chi connectivity index (χ2n) is 7.66. The van der Waals surface area contributed by atoms with Crippen LogP contribution in [0.1, 0.15) is 12.5 Å². The Hall–Kier alpha value is -2.90. The van der Waals surface area contributed by atoms with E-state index in [0.29, 0.717) is 18.8 Å². The molecule has 0 unspecified atom stereocenters. The summed E-state index contributed by atoms with van der Waals surface area (Å²) in [6, 6.07) is 15.5. The number of aromatic nitrogens is 1. The first-order valence-electron chi connectivity index (χ1n) is 10.3. The molecule has 29 heavy (non-hydrogen) atoms. The second-order valence-corrected chi connectivity index (χ2v) is 7.66. The molecule has 1 aliphatic heterocycles. The van der Waals surface area contributed by atoms with E-state index in [1.807, 2.05) is 48.5 Å². The van der Waals surface area contributed by atoms with Gasteiger partial charge in [-0.05, 0) is 30.2 Å². The zero-order valence-corrected chi connectivity index (χ0v) is 16.7. The van der Waals surface area contributed by atoms with E-state index in [4.69, 9.17) is 4.42 Å². The van der Waals surface area contributed by atoms with Gasteiger partial charge in [0.25, 0.3) is 5.91 Å². The summed E-state index contributed by atoms with van der Waals surface area (Å²) < 4.78 is 7.04. The number of amides is 1. The topological polar surface area (TPSA) is 73.1 Å². The minimum absolute atomic E-state index is 0.0569. The zero-order valence-electron chi connectivity index (χ0n) is 16.7. The average molecular weight is 396 g/mol. The first-order valence-corrected chi connectivity index (χ1v) is 10.3. The van der Waals surface area contributed by atoms with Gasteiger partial charge in [-0.3, -0.25) is 4.79 Å². The van der Waals surface area contributed by atoms with Gasteiger partial charge in [-0.2, -0.15) is 0 Å². The first-order chi connectivity index (χ1) is 14.1. The number of piperazine rings is 1. The zero-order chi connectivity index (χ0) is 20.2. The van der Waals surface area contributed by atoms with E-state index in [1.165, 1.54) is 9.80 Å². The fraction of sp³-hybridized carbons (Fsp3) is 0.364. The molecule has 152 valence electrons. The van der Waals surface area contributed by atoms with Crippen molar-refractivity contribution in [3.8, 4) is 0 Å². The van der Waals surface area contributed by atoms with Gasteiger partial charge >= 0.3 is 5.76 Å². The van der Waals surface area contributed by atoms with E-state index in [-0.39, 0.29) is 11.7 Å². The number of nitrogens with one attached hydrogen (secondary N) is 3. The van der Waals surface area contributed by atoms with Gasteiger partial charge in [0.05, 0.1) is 5.52 Å². The lowest BCUT2D eigenvalue weighted by Crippen LogP contribution is -3.28. The molecule has 7 nitrogen and oxygen atoms in total. The molecule has 3 N–H and O–H groups in total. The molecule has 1 aromatic heterocycles. The normalized spacial score (nSPS) is 19.3. The molecule has 0 saturated carbocycles. The Bertz CT molecular complexity index is 1050. The van der Waals surface area contributed by atoms with Crippen LogP contribution in [0.5, 0.6) is 0 Å². The number of nitrogens with zero attached hydrogens (tertiary/aromatic N) is 1. The molecule has 7 heteroatoms. The van der Waals surface area contributed by atoms with Crippen molar-refractivity contribution in [2.24, 2.45) is 0 Å². The molecular weight excluding hydrogens is 368 g/mol. The molecule has 3 aromatic rings. The van der Waals surface area contributed by atoms with Gasteiger partial charge < -0.3 is 19.5 Å². The first kappa shape index (κ1) is 19.4. The smallest absolute Gasteiger partial charge is 0.408 e. The number of carbonyl (C=O) groups is 1. The lowest BCUT2D eigenvalue weighted by Gasteiger charge is -2.29. The third-order valence-electron chi connectivity index (χ3n) is 5.70. The summed E-state index contributed by atoms with van der Waals surface area (Å²) in [6.45, 7) is 6.80. The van der Waals surface area contributed by atoms with Gasteiger partial charge in [-0.1, -0.05) is 37.3 Å². The second kappa shape index (κ2) is 8.63. The van der Waals surface area contributed by atoms with Crippen LogP contribution in [0.4, 0.5) is 5.69 Å². The fourth-order valence-electron chi connectivity index (χ4n) is 4.05. The maximum absolute atomic E-state index is 12.5. The van der Waals surface area contributed by atoms with Crippen LogP contribution in [-0.4, -0.2) is 43.2 Å². The third kappa shape index (κ3) is 4.41. The summed E-state index contributed by atoms with van der Waals surface area (Å²) in [6.07, 6.45) is 0.896. The van der Waals surface area contributed by atoms with Crippen LogP contribution in [0.15, 0.2) is 57.7 Å². The van der Waals surface area contributed by atoms with E-state index >= 15 is 0 Å². The standard InChI is InChI=1S/C22H26N4O3/c1-2-17-7-3-4-8-18(17)23-21(27)15-24-11-13-25(14-12-24)16-26-19-9-5-6-10-20(19)29-22(26)28/h3-10H,2,11-16H2,1H3,(H,23,27)/p+2. The highest BCUT2D eigenvalue weighted by Gasteiger charge is 2.26. The number of rotatable bonds is 6. The number of oxazole rings is 1. The summed E-state index contributed by atoms with van der Waals surface area (Å²) in [5, 5.41) is 3.06. The number of benzene rings is 2. The molecular formula is C22H28N4O3+2. The maximum atomic E-state index is 12.5. The summed E-state index contributed by atoms with van der Waals surface area (Å²) in [5.41, 5.74) is 3.54. The predicted octanol–water partition coefficient (Wildman–Crippen LogP) is -0.463. The molecule has 1 fully saturated rings. The van der Waals surface area contributed by atoms with Crippen LogP contribution in [0.25, 0.3) is 11.1 Å². The molecule has 1 aliphatic rings. The summed E-state index contributed by atoms with van der Waals surface area (Å²) >= 11 is 0. The number of hydrogen-bond acceptors (Lipinski definition) is 3. The van der Waals surface area contributed by atoms with Crippen LogP contribution < -0.4 is 20.9 Å².